The van der Waals surface area contributed by atoms with E-state index in [1.165, 1.54) is 6.07 Å². The molecule has 0 saturated carbocycles. The van der Waals surface area contributed by atoms with E-state index in [1.54, 1.807) is 30.3 Å². The van der Waals surface area contributed by atoms with Crippen molar-refractivity contribution in [3.8, 4) is 5.75 Å². The topological polar surface area (TPSA) is 44.3 Å². The smallest absolute Gasteiger partial charge is 0.175 e. The Labute approximate surface area is 136 Å². The molecular weight excluding hydrogens is 339 g/mol. The molecule has 0 atom stereocenters. The summed E-state index contributed by atoms with van der Waals surface area (Å²) in [6, 6.07) is 9.72. The van der Waals surface area contributed by atoms with Crippen molar-refractivity contribution >= 4 is 63.5 Å². The van der Waals surface area contributed by atoms with E-state index >= 15 is 0 Å². The lowest BCUT2D eigenvalue weighted by molar-refractivity contribution is 0.475. The zero-order valence-corrected chi connectivity index (χ0v) is 13.0. The Morgan fingerprint density at radius 1 is 0.900 bits per heavy atom. The summed E-state index contributed by atoms with van der Waals surface area (Å²) < 4.78 is 0. The van der Waals surface area contributed by atoms with Crippen LogP contribution in [0.4, 0.5) is 11.4 Å². The summed E-state index contributed by atoms with van der Waals surface area (Å²) in [7, 11) is 0. The highest BCUT2D eigenvalue weighted by Crippen LogP contribution is 2.26. The van der Waals surface area contributed by atoms with E-state index in [4.69, 9.17) is 47.0 Å². The van der Waals surface area contributed by atoms with Crippen LogP contribution in [-0.2, 0) is 0 Å². The standard InChI is InChI=1S/C13H9Cl3N2OS/c14-7-3-8(15)5-10(4-7)18-13(20)17-9-1-2-12(19)11(16)6-9/h1-6,19H,(H2,17,18,20). The van der Waals surface area contributed by atoms with Crippen LogP contribution < -0.4 is 10.6 Å². The van der Waals surface area contributed by atoms with Gasteiger partial charge in [-0.2, -0.15) is 0 Å². The van der Waals surface area contributed by atoms with Gasteiger partial charge in [-0.25, -0.2) is 0 Å². The third-order valence-electron chi connectivity index (χ3n) is 2.33. The van der Waals surface area contributed by atoms with Gasteiger partial charge in [-0.15, -0.1) is 0 Å². The molecule has 20 heavy (non-hydrogen) atoms. The molecule has 0 unspecified atom stereocenters. The van der Waals surface area contributed by atoms with Gasteiger partial charge in [0.15, 0.2) is 5.11 Å². The highest BCUT2D eigenvalue weighted by Gasteiger charge is 2.04. The molecule has 0 saturated heterocycles. The molecule has 0 heterocycles. The van der Waals surface area contributed by atoms with Gasteiger partial charge in [-0.3, -0.25) is 0 Å². The number of halogens is 3. The summed E-state index contributed by atoms with van der Waals surface area (Å²) in [5.41, 5.74) is 1.32. The molecule has 0 fully saturated rings. The maximum Gasteiger partial charge on any atom is 0.175 e. The fourth-order valence-electron chi connectivity index (χ4n) is 1.50. The fourth-order valence-corrected chi connectivity index (χ4v) is 2.45. The second-order valence-corrected chi connectivity index (χ2v) is 5.59. The molecule has 0 aliphatic heterocycles. The van der Waals surface area contributed by atoms with Crippen molar-refractivity contribution in [2.45, 2.75) is 0 Å². The molecule has 3 N–H and O–H groups in total. The molecule has 0 bridgehead atoms. The first-order valence-corrected chi connectivity index (χ1v) is 7.01. The lowest BCUT2D eigenvalue weighted by Gasteiger charge is -2.11. The number of anilines is 2. The zero-order valence-electron chi connectivity index (χ0n) is 9.95. The predicted molar refractivity (Wildman–Crippen MR) is 89.4 cm³/mol. The van der Waals surface area contributed by atoms with Gasteiger partial charge in [-0.05, 0) is 48.6 Å². The van der Waals surface area contributed by atoms with E-state index in [-0.39, 0.29) is 10.8 Å². The highest BCUT2D eigenvalue weighted by atomic mass is 35.5. The van der Waals surface area contributed by atoms with E-state index in [0.717, 1.165) is 0 Å². The second-order valence-electron chi connectivity index (χ2n) is 3.90. The third-order valence-corrected chi connectivity index (χ3v) is 3.27. The molecule has 0 aliphatic carbocycles. The Morgan fingerprint density at radius 2 is 1.50 bits per heavy atom. The maximum absolute atomic E-state index is 9.34. The summed E-state index contributed by atoms with van der Waals surface area (Å²) in [6.07, 6.45) is 0. The van der Waals surface area contributed by atoms with Gasteiger partial charge in [0, 0.05) is 21.4 Å². The van der Waals surface area contributed by atoms with E-state index < -0.39 is 0 Å². The van der Waals surface area contributed by atoms with Gasteiger partial charge in [0.1, 0.15) is 5.75 Å². The van der Waals surface area contributed by atoms with Gasteiger partial charge in [0.2, 0.25) is 0 Å². The van der Waals surface area contributed by atoms with Crippen LogP contribution >= 0.6 is 47.0 Å². The third kappa shape index (κ3) is 4.15. The molecule has 7 heteroatoms. The van der Waals surface area contributed by atoms with Crippen molar-refractivity contribution in [2.75, 3.05) is 10.6 Å². The van der Waals surface area contributed by atoms with Crippen molar-refractivity contribution in [1.29, 1.82) is 0 Å². The fraction of sp³-hybridized carbons (Fsp3) is 0. The SMILES string of the molecule is Oc1ccc(NC(=S)Nc2cc(Cl)cc(Cl)c2)cc1Cl. The predicted octanol–water partition coefficient (Wildman–Crippen LogP) is 5.16. The van der Waals surface area contributed by atoms with E-state index in [2.05, 4.69) is 10.6 Å². The first-order chi connectivity index (χ1) is 9.44. The first kappa shape index (κ1) is 15.2. The number of aromatic hydroxyl groups is 1. The Morgan fingerprint density at radius 3 is 2.10 bits per heavy atom. The van der Waals surface area contributed by atoms with E-state index in [1.807, 2.05) is 0 Å². The summed E-state index contributed by atoms with van der Waals surface area (Å²) in [5, 5.41) is 16.8. The van der Waals surface area contributed by atoms with E-state index in [9.17, 15) is 5.11 Å². The molecule has 0 aromatic heterocycles. The molecule has 3 nitrogen and oxygen atoms in total. The lowest BCUT2D eigenvalue weighted by atomic mass is 10.3. The quantitative estimate of drug-likeness (QED) is 0.518. The normalized spacial score (nSPS) is 10.2. The maximum atomic E-state index is 9.34. The largest absolute Gasteiger partial charge is 0.506 e. The molecule has 0 spiro atoms. The van der Waals surface area contributed by atoms with Crippen molar-refractivity contribution in [3.05, 3.63) is 51.5 Å². The molecule has 0 radical (unpaired) electrons. The average Bonchev–Trinajstić information content (AvgIpc) is 2.32. The Balaban J connectivity index is 2.06. The minimum Gasteiger partial charge on any atom is -0.506 e. The van der Waals surface area contributed by atoms with Gasteiger partial charge in [0.25, 0.3) is 0 Å². The van der Waals surface area contributed by atoms with Crippen LogP contribution in [0.3, 0.4) is 0 Å². The van der Waals surface area contributed by atoms with Crippen LogP contribution in [0.5, 0.6) is 5.75 Å². The number of benzene rings is 2. The molecule has 0 amide bonds. The lowest BCUT2D eigenvalue weighted by Crippen LogP contribution is -2.18. The molecule has 104 valence electrons. The van der Waals surface area contributed by atoms with Gasteiger partial charge < -0.3 is 15.7 Å². The minimum atomic E-state index is 0.0118. The Hall–Kier alpha value is -1.20. The summed E-state index contributed by atoms with van der Waals surface area (Å²) in [6.45, 7) is 0. The van der Waals surface area contributed by atoms with Gasteiger partial charge in [0.05, 0.1) is 5.02 Å². The van der Waals surface area contributed by atoms with Crippen LogP contribution in [0.2, 0.25) is 15.1 Å². The van der Waals surface area contributed by atoms with Gasteiger partial charge >= 0.3 is 0 Å². The van der Waals surface area contributed by atoms with E-state index in [0.29, 0.717) is 26.5 Å². The molecule has 2 aromatic rings. The Bertz CT molecular complexity index is 644. The number of phenolic OH excluding ortho intramolecular Hbond substituents is 1. The zero-order chi connectivity index (χ0) is 14.7. The monoisotopic (exact) mass is 346 g/mol. The highest BCUT2D eigenvalue weighted by molar-refractivity contribution is 7.80. The number of hydrogen-bond donors (Lipinski definition) is 3. The summed E-state index contributed by atoms with van der Waals surface area (Å²) in [4.78, 5) is 0. The number of phenols is 1. The number of nitrogens with one attached hydrogen (secondary N) is 2. The Kier molecular flexibility index (Phi) is 4.94. The van der Waals surface area contributed by atoms with Crippen molar-refractivity contribution in [3.63, 3.8) is 0 Å². The number of thiocarbonyl (C=S) groups is 1. The molecule has 0 aliphatic rings. The number of hydrogen-bond acceptors (Lipinski definition) is 2. The van der Waals surface area contributed by atoms with Gasteiger partial charge in [-0.1, -0.05) is 34.8 Å². The van der Waals surface area contributed by atoms with Crippen molar-refractivity contribution in [1.82, 2.24) is 0 Å². The summed E-state index contributed by atoms with van der Waals surface area (Å²) >= 11 is 22.8. The second kappa shape index (κ2) is 6.50. The van der Waals surface area contributed by atoms with Crippen molar-refractivity contribution < 1.29 is 5.11 Å². The molecule has 2 aromatic carbocycles. The summed E-state index contributed by atoms with van der Waals surface area (Å²) in [5.74, 6) is 0.0118. The average molecular weight is 348 g/mol. The van der Waals surface area contributed by atoms with Crippen molar-refractivity contribution in [2.24, 2.45) is 0 Å². The number of rotatable bonds is 2. The van der Waals surface area contributed by atoms with Crippen LogP contribution in [0.1, 0.15) is 0 Å². The minimum absolute atomic E-state index is 0.0118. The van der Waals surface area contributed by atoms with Crippen LogP contribution in [0, 0.1) is 0 Å². The molecule has 2 rings (SSSR count). The van der Waals surface area contributed by atoms with Crippen LogP contribution in [0.25, 0.3) is 0 Å². The van der Waals surface area contributed by atoms with Crippen LogP contribution in [0.15, 0.2) is 36.4 Å². The molecular formula is C13H9Cl3N2OS. The van der Waals surface area contributed by atoms with Crippen LogP contribution in [-0.4, -0.2) is 10.2 Å². The first-order valence-electron chi connectivity index (χ1n) is 5.46.